The monoisotopic (exact) mass is 282 g/mol. The molecule has 0 spiro atoms. The molecule has 0 aromatic heterocycles. The van der Waals surface area contributed by atoms with Gasteiger partial charge in [0.1, 0.15) is 0 Å². The van der Waals surface area contributed by atoms with Crippen LogP contribution in [0.4, 0.5) is 11.4 Å². The summed E-state index contributed by atoms with van der Waals surface area (Å²) in [6, 6.07) is 12.0. The molecule has 0 aliphatic rings. The third-order valence-electron chi connectivity index (χ3n) is 3.57. The second-order valence-electron chi connectivity index (χ2n) is 5.51. The van der Waals surface area contributed by atoms with Gasteiger partial charge >= 0.3 is 0 Å². The summed E-state index contributed by atoms with van der Waals surface area (Å²) in [7, 11) is 3.65. The highest BCUT2D eigenvalue weighted by molar-refractivity contribution is 6.09. The maximum atomic E-state index is 12.7. The Morgan fingerprint density at radius 2 is 1.57 bits per heavy atom. The van der Waals surface area contributed by atoms with E-state index < -0.39 is 0 Å². The first-order valence-corrected chi connectivity index (χ1v) is 7.07. The number of benzene rings is 2. The second-order valence-corrected chi connectivity index (χ2v) is 5.51. The SMILES string of the molecule is CNc1cc(C)ccc1C(=O)N(C)c1cc(C)cc(C)c1. The van der Waals surface area contributed by atoms with E-state index in [1.54, 1.807) is 4.90 Å². The molecule has 21 heavy (non-hydrogen) atoms. The van der Waals surface area contributed by atoms with E-state index in [0.717, 1.165) is 28.1 Å². The van der Waals surface area contributed by atoms with Gasteiger partial charge in [-0.3, -0.25) is 4.79 Å². The quantitative estimate of drug-likeness (QED) is 0.925. The van der Waals surface area contributed by atoms with Crippen LogP contribution in [0.3, 0.4) is 0 Å². The summed E-state index contributed by atoms with van der Waals surface area (Å²) in [5.74, 6) is -0.00986. The van der Waals surface area contributed by atoms with Crippen LogP contribution < -0.4 is 10.2 Å². The molecule has 0 fully saturated rings. The van der Waals surface area contributed by atoms with Gasteiger partial charge in [0, 0.05) is 25.5 Å². The molecule has 110 valence electrons. The first kappa shape index (κ1) is 15.1. The summed E-state index contributed by atoms with van der Waals surface area (Å²) in [6.45, 7) is 6.10. The Kier molecular flexibility index (Phi) is 4.32. The highest BCUT2D eigenvalue weighted by atomic mass is 16.2. The molecule has 0 aliphatic carbocycles. The molecule has 0 saturated heterocycles. The zero-order valence-electron chi connectivity index (χ0n) is 13.3. The summed E-state index contributed by atoms with van der Waals surface area (Å²) in [4.78, 5) is 14.4. The van der Waals surface area contributed by atoms with E-state index in [4.69, 9.17) is 0 Å². The van der Waals surface area contributed by atoms with E-state index in [2.05, 4.69) is 11.4 Å². The third kappa shape index (κ3) is 3.24. The number of aryl methyl sites for hydroxylation is 3. The topological polar surface area (TPSA) is 32.3 Å². The maximum absolute atomic E-state index is 12.7. The summed E-state index contributed by atoms with van der Waals surface area (Å²) in [5, 5.41) is 3.10. The Labute approximate surface area is 126 Å². The Hall–Kier alpha value is -2.29. The number of hydrogen-bond acceptors (Lipinski definition) is 2. The highest BCUT2D eigenvalue weighted by Gasteiger charge is 2.17. The molecule has 2 rings (SSSR count). The van der Waals surface area contributed by atoms with Crippen molar-refractivity contribution in [2.24, 2.45) is 0 Å². The highest BCUT2D eigenvalue weighted by Crippen LogP contribution is 2.23. The fourth-order valence-electron chi connectivity index (χ4n) is 2.49. The molecular weight excluding hydrogens is 260 g/mol. The van der Waals surface area contributed by atoms with Gasteiger partial charge in [0.2, 0.25) is 0 Å². The van der Waals surface area contributed by atoms with Crippen molar-refractivity contribution in [3.05, 3.63) is 58.7 Å². The molecule has 0 unspecified atom stereocenters. The van der Waals surface area contributed by atoms with Crippen molar-refractivity contribution in [3.8, 4) is 0 Å². The number of nitrogens with one attached hydrogen (secondary N) is 1. The van der Waals surface area contributed by atoms with Gasteiger partial charge in [-0.25, -0.2) is 0 Å². The van der Waals surface area contributed by atoms with Crippen molar-refractivity contribution < 1.29 is 4.79 Å². The molecule has 0 radical (unpaired) electrons. The van der Waals surface area contributed by atoms with Gasteiger partial charge in [-0.2, -0.15) is 0 Å². The number of nitrogens with zero attached hydrogens (tertiary/aromatic N) is 1. The Balaban J connectivity index is 2.39. The normalized spacial score (nSPS) is 10.3. The van der Waals surface area contributed by atoms with Crippen molar-refractivity contribution in [2.45, 2.75) is 20.8 Å². The molecule has 0 bridgehead atoms. The molecule has 2 aromatic rings. The van der Waals surface area contributed by atoms with E-state index >= 15 is 0 Å². The Bertz CT molecular complexity index is 657. The van der Waals surface area contributed by atoms with E-state index in [9.17, 15) is 4.79 Å². The first-order valence-electron chi connectivity index (χ1n) is 7.07. The Morgan fingerprint density at radius 3 is 2.14 bits per heavy atom. The van der Waals surface area contributed by atoms with Gasteiger partial charge < -0.3 is 10.2 Å². The summed E-state index contributed by atoms with van der Waals surface area (Å²) >= 11 is 0. The van der Waals surface area contributed by atoms with Gasteiger partial charge in [-0.05, 0) is 61.7 Å². The lowest BCUT2D eigenvalue weighted by Gasteiger charge is -2.20. The van der Waals surface area contributed by atoms with E-state index in [-0.39, 0.29) is 5.91 Å². The molecule has 0 aliphatic heterocycles. The van der Waals surface area contributed by atoms with Crippen molar-refractivity contribution >= 4 is 17.3 Å². The van der Waals surface area contributed by atoms with Crippen LogP contribution in [0.1, 0.15) is 27.0 Å². The molecular formula is C18H22N2O. The minimum atomic E-state index is -0.00986. The van der Waals surface area contributed by atoms with Crippen molar-refractivity contribution in [3.63, 3.8) is 0 Å². The average molecular weight is 282 g/mol. The number of amides is 1. The second kappa shape index (κ2) is 6.00. The van der Waals surface area contributed by atoms with Crippen LogP contribution in [0.5, 0.6) is 0 Å². The molecule has 3 heteroatoms. The minimum absolute atomic E-state index is 0.00986. The fraction of sp³-hybridized carbons (Fsp3) is 0.278. The van der Waals surface area contributed by atoms with Crippen LogP contribution in [-0.4, -0.2) is 20.0 Å². The van der Waals surface area contributed by atoms with E-state index in [0.29, 0.717) is 5.56 Å². The minimum Gasteiger partial charge on any atom is -0.387 e. The van der Waals surface area contributed by atoms with Gasteiger partial charge in [0.15, 0.2) is 0 Å². The summed E-state index contributed by atoms with van der Waals surface area (Å²) in [6.07, 6.45) is 0. The zero-order valence-corrected chi connectivity index (χ0v) is 13.3. The standard InChI is InChI=1S/C18H22N2O/c1-12-6-7-16(17(11-12)19-4)18(21)20(5)15-9-13(2)8-14(3)10-15/h6-11,19H,1-5H3. The van der Waals surface area contributed by atoms with Crippen molar-refractivity contribution in [1.29, 1.82) is 0 Å². The van der Waals surface area contributed by atoms with Crippen LogP contribution in [-0.2, 0) is 0 Å². The number of hydrogen-bond donors (Lipinski definition) is 1. The molecule has 1 N–H and O–H groups in total. The molecule has 0 saturated carbocycles. The predicted octanol–water partition coefficient (Wildman–Crippen LogP) is 3.93. The van der Waals surface area contributed by atoms with Crippen LogP contribution in [0.15, 0.2) is 36.4 Å². The van der Waals surface area contributed by atoms with E-state index in [1.807, 2.05) is 65.2 Å². The lowest BCUT2D eigenvalue weighted by Crippen LogP contribution is -2.27. The Morgan fingerprint density at radius 1 is 0.952 bits per heavy atom. The van der Waals surface area contributed by atoms with Crippen molar-refractivity contribution in [1.82, 2.24) is 0 Å². The first-order chi connectivity index (χ1) is 9.92. The smallest absolute Gasteiger partial charge is 0.260 e. The molecule has 3 nitrogen and oxygen atoms in total. The number of carbonyl (C=O) groups excluding carboxylic acids is 1. The molecule has 1 amide bonds. The lowest BCUT2D eigenvalue weighted by atomic mass is 10.1. The third-order valence-corrected chi connectivity index (χ3v) is 3.57. The van der Waals surface area contributed by atoms with Crippen LogP contribution in [0, 0.1) is 20.8 Å². The predicted molar refractivity (Wildman–Crippen MR) is 89.4 cm³/mol. The summed E-state index contributed by atoms with van der Waals surface area (Å²) < 4.78 is 0. The van der Waals surface area contributed by atoms with Crippen LogP contribution in [0.25, 0.3) is 0 Å². The summed E-state index contributed by atoms with van der Waals surface area (Å²) in [5.41, 5.74) is 5.90. The zero-order chi connectivity index (χ0) is 15.6. The lowest BCUT2D eigenvalue weighted by molar-refractivity contribution is 0.0994. The van der Waals surface area contributed by atoms with Crippen LogP contribution in [0.2, 0.25) is 0 Å². The van der Waals surface area contributed by atoms with Gasteiger partial charge in [0.25, 0.3) is 5.91 Å². The van der Waals surface area contributed by atoms with Gasteiger partial charge in [-0.15, -0.1) is 0 Å². The fourth-order valence-corrected chi connectivity index (χ4v) is 2.49. The largest absolute Gasteiger partial charge is 0.387 e. The maximum Gasteiger partial charge on any atom is 0.260 e. The van der Waals surface area contributed by atoms with Crippen molar-refractivity contribution in [2.75, 3.05) is 24.3 Å². The average Bonchev–Trinajstić information content (AvgIpc) is 2.44. The van der Waals surface area contributed by atoms with Crippen LogP contribution >= 0.6 is 0 Å². The molecule has 2 aromatic carbocycles. The van der Waals surface area contributed by atoms with Gasteiger partial charge in [0.05, 0.1) is 5.56 Å². The number of rotatable bonds is 3. The number of carbonyl (C=O) groups is 1. The molecule has 0 atom stereocenters. The van der Waals surface area contributed by atoms with E-state index in [1.165, 1.54) is 0 Å². The van der Waals surface area contributed by atoms with Gasteiger partial charge in [-0.1, -0.05) is 12.1 Å². The molecule has 0 heterocycles. The number of anilines is 2.